The average molecular weight is 534 g/mol. The summed E-state index contributed by atoms with van der Waals surface area (Å²) in [5, 5.41) is 3.48. The van der Waals surface area contributed by atoms with Gasteiger partial charge in [-0.25, -0.2) is 8.42 Å². The number of carbonyl (C=O) groups is 2. The number of nitrogens with one attached hydrogen (secondary N) is 1. The fourth-order valence-electron chi connectivity index (χ4n) is 4.74. The van der Waals surface area contributed by atoms with Crippen LogP contribution in [0.5, 0.6) is 0 Å². The van der Waals surface area contributed by atoms with Crippen molar-refractivity contribution in [2.75, 3.05) is 17.1 Å². The van der Waals surface area contributed by atoms with Crippen LogP contribution < -0.4 is 9.62 Å². The molecule has 1 aliphatic carbocycles. The average Bonchev–Trinajstić information content (AvgIpc) is 3.31. The summed E-state index contributed by atoms with van der Waals surface area (Å²) in [6.45, 7) is 5.36. The summed E-state index contributed by atoms with van der Waals surface area (Å²) >= 11 is 6.16. The molecule has 0 spiro atoms. The van der Waals surface area contributed by atoms with Crippen molar-refractivity contribution in [1.29, 1.82) is 0 Å². The van der Waals surface area contributed by atoms with Crippen LogP contribution in [-0.2, 0) is 26.2 Å². The molecule has 2 aromatic carbocycles. The first-order valence-electron chi connectivity index (χ1n) is 12.4. The van der Waals surface area contributed by atoms with Crippen molar-refractivity contribution in [2.24, 2.45) is 0 Å². The molecular formula is C27H36ClN3O4S. The van der Waals surface area contributed by atoms with Gasteiger partial charge in [-0.2, -0.15) is 0 Å². The third-order valence-corrected chi connectivity index (χ3v) is 8.00. The molecule has 0 bridgehead atoms. The highest BCUT2D eigenvalue weighted by molar-refractivity contribution is 7.92. The third kappa shape index (κ3) is 7.23. The van der Waals surface area contributed by atoms with E-state index in [2.05, 4.69) is 5.32 Å². The highest BCUT2D eigenvalue weighted by Crippen LogP contribution is 2.27. The van der Waals surface area contributed by atoms with Crippen LogP contribution in [0.3, 0.4) is 0 Å². The molecule has 0 aliphatic heterocycles. The predicted molar refractivity (Wildman–Crippen MR) is 145 cm³/mol. The molecule has 9 heteroatoms. The molecule has 1 fully saturated rings. The smallest absolute Gasteiger partial charge is 0.244 e. The maximum atomic E-state index is 13.8. The second-order valence-corrected chi connectivity index (χ2v) is 12.0. The minimum Gasteiger partial charge on any atom is -0.352 e. The standard InChI is InChI=1S/C27H36ClN3O4S/c1-5-24(27(33)29-23-11-6-7-12-23)30(17-21-10-8-9-19(2)15-21)26(32)18-31(36(4,34)35)25-16-22(28)14-13-20(25)3/h8-10,13-16,23-24H,5-7,11-12,17-18H2,1-4H3,(H,29,33). The monoisotopic (exact) mass is 533 g/mol. The van der Waals surface area contributed by atoms with Crippen LogP contribution in [0.25, 0.3) is 0 Å². The number of aryl methyl sites for hydroxylation is 2. The molecule has 0 saturated heterocycles. The van der Waals surface area contributed by atoms with E-state index in [4.69, 9.17) is 11.6 Å². The van der Waals surface area contributed by atoms with Gasteiger partial charge in [0.25, 0.3) is 0 Å². The van der Waals surface area contributed by atoms with Crippen LogP contribution >= 0.6 is 11.6 Å². The highest BCUT2D eigenvalue weighted by Gasteiger charge is 2.33. The van der Waals surface area contributed by atoms with Gasteiger partial charge in [0, 0.05) is 17.6 Å². The maximum Gasteiger partial charge on any atom is 0.244 e. The molecule has 1 unspecified atom stereocenters. The Bertz CT molecular complexity index is 1200. The second-order valence-electron chi connectivity index (χ2n) is 9.63. The van der Waals surface area contributed by atoms with Gasteiger partial charge in [-0.1, -0.05) is 67.3 Å². The quantitative estimate of drug-likeness (QED) is 0.484. The van der Waals surface area contributed by atoms with Crippen LogP contribution in [0.1, 0.15) is 55.7 Å². The Morgan fingerprint density at radius 1 is 1.11 bits per heavy atom. The van der Waals surface area contributed by atoms with Gasteiger partial charge in [-0.3, -0.25) is 13.9 Å². The topological polar surface area (TPSA) is 86.8 Å². The maximum absolute atomic E-state index is 13.8. The summed E-state index contributed by atoms with van der Waals surface area (Å²) in [5.41, 5.74) is 2.93. The lowest BCUT2D eigenvalue weighted by Gasteiger charge is -2.33. The summed E-state index contributed by atoms with van der Waals surface area (Å²) in [6, 6.07) is 12.1. The second kappa shape index (κ2) is 12.1. The largest absolute Gasteiger partial charge is 0.352 e. The number of rotatable bonds is 10. The number of carbonyl (C=O) groups excluding carboxylic acids is 2. The Hall–Kier alpha value is -2.58. The molecule has 2 aromatic rings. The minimum absolute atomic E-state index is 0.115. The summed E-state index contributed by atoms with van der Waals surface area (Å²) in [4.78, 5) is 28.6. The van der Waals surface area contributed by atoms with E-state index in [1.54, 1.807) is 25.1 Å². The molecule has 0 heterocycles. The van der Waals surface area contributed by atoms with Crippen LogP contribution in [0.2, 0.25) is 5.02 Å². The SMILES string of the molecule is CCC(C(=O)NC1CCCC1)N(Cc1cccc(C)c1)C(=O)CN(c1cc(Cl)ccc1C)S(C)(=O)=O. The first-order chi connectivity index (χ1) is 17.0. The minimum atomic E-state index is -3.81. The van der Waals surface area contributed by atoms with Gasteiger partial charge in [0.15, 0.2) is 0 Å². The highest BCUT2D eigenvalue weighted by atomic mass is 35.5. The van der Waals surface area contributed by atoms with Crippen LogP contribution in [0, 0.1) is 13.8 Å². The van der Waals surface area contributed by atoms with Crippen molar-refractivity contribution in [1.82, 2.24) is 10.2 Å². The molecule has 1 aliphatic rings. The van der Waals surface area contributed by atoms with Crippen molar-refractivity contribution in [3.8, 4) is 0 Å². The molecule has 0 aromatic heterocycles. The zero-order valence-corrected chi connectivity index (χ0v) is 23.0. The molecule has 36 heavy (non-hydrogen) atoms. The molecule has 0 radical (unpaired) electrons. The zero-order valence-electron chi connectivity index (χ0n) is 21.5. The van der Waals surface area contributed by atoms with Gasteiger partial charge in [0.1, 0.15) is 12.6 Å². The Morgan fingerprint density at radius 2 is 1.81 bits per heavy atom. The summed E-state index contributed by atoms with van der Waals surface area (Å²) in [5.74, 6) is -0.648. The summed E-state index contributed by atoms with van der Waals surface area (Å²) in [7, 11) is -3.81. The third-order valence-electron chi connectivity index (χ3n) is 6.64. The molecule has 1 atom stereocenters. The number of benzene rings is 2. The molecular weight excluding hydrogens is 498 g/mol. The van der Waals surface area contributed by atoms with Gasteiger partial charge in [0.05, 0.1) is 11.9 Å². The number of hydrogen-bond donors (Lipinski definition) is 1. The summed E-state index contributed by atoms with van der Waals surface area (Å²) in [6.07, 6.45) is 5.50. The molecule has 1 N–H and O–H groups in total. The molecule has 3 rings (SSSR count). The van der Waals surface area contributed by atoms with E-state index in [1.807, 2.05) is 38.1 Å². The zero-order chi connectivity index (χ0) is 26.5. The van der Waals surface area contributed by atoms with Gasteiger partial charge < -0.3 is 10.2 Å². The Morgan fingerprint density at radius 3 is 2.42 bits per heavy atom. The van der Waals surface area contributed by atoms with E-state index in [0.717, 1.165) is 47.4 Å². The van der Waals surface area contributed by atoms with E-state index in [9.17, 15) is 18.0 Å². The number of nitrogens with zero attached hydrogens (tertiary/aromatic N) is 2. The molecule has 7 nitrogen and oxygen atoms in total. The van der Waals surface area contributed by atoms with Crippen molar-refractivity contribution < 1.29 is 18.0 Å². The number of amides is 2. The normalized spacial score (nSPS) is 14.9. The Balaban J connectivity index is 1.95. The number of halogens is 1. The van der Waals surface area contributed by atoms with Gasteiger partial charge in [-0.15, -0.1) is 0 Å². The van der Waals surface area contributed by atoms with Gasteiger partial charge in [0.2, 0.25) is 21.8 Å². The Labute approximate surface area is 219 Å². The van der Waals surface area contributed by atoms with Crippen molar-refractivity contribution >= 4 is 39.1 Å². The fourth-order valence-corrected chi connectivity index (χ4v) is 5.81. The lowest BCUT2D eigenvalue weighted by atomic mass is 10.1. The van der Waals surface area contributed by atoms with E-state index in [1.165, 1.54) is 4.90 Å². The first kappa shape index (κ1) is 28.0. The van der Waals surface area contributed by atoms with Gasteiger partial charge >= 0.3 is 0 Å². The predicted octanol–water partition coefficient (Wildman–Crippen LogP) is 4.59. The van der Waals surface area contributed by atoms with E-state index >= 15 is 0 Å². The van der Waals surface area contributed by atoms with Crippen molar-refractivity contribution in [3.05, 3.63) is 64.2 Å². The molecule has 2 amide bonds. The first-order valence-corrected chi connectivity index (χ1v) is 14.6. The molecule has 196 valence electrons. The Kier molecular flexibility index (Phi) is 9.41. The van der Waals surface area contributed by atoms with Crippen molar-refractivity contribution in [2.45, 2.75) is 71.5 Å². The summed E-state index contributed by atoms with van der Waals surface area (Å²) < 4.78 is 26.7. The van der Waals surface area contributed by atoms with Crippen LogP contribution in [0.15, 0.2) is 42.5 Å². The fraction of sp³-hybridized carbons (Fsp3) is 0.481. The van der Waals surface area contributed by atoms with E-state index < -0.39 is 28.5 Å². The number of sulfonamides is 1. The number of anilines is 1. The number of hydrogen-bond acceptors (Lipinski definition) is 4. The lowest BCUT2D eigenvalue weighted by molar-refractivity contribution is -0.140. The van der Waals surface area contributed by atoms with E-state index in [-0.39, 0.29) is 18.5 Å². The van der Waals surface area contributed by atoms with Crippen LogP contribution in [-0.4, -0.2) is 50.0 Å². The van der Waals surface area contributed by atoms with Crippen LogP contribution in [0.4, 0.5) is 5.69 Å². The van der Waals surface area contributed by atoms with Crippen molar-refractivity contribution in [3.63, 3.8) is 0 Å². The van der Waals surface area contributed by atoms with Gasteiger partial charge in [-0.05, 0) is 56.4 Å². The molecule has 1 saturated carbocycles. The lowest BCUT2D eigenvalue weighted by Crippen LogP contribution is -2.53. The van der Waals surface area contributed by atoms with E-state index in [0.29, 0.717) is 22.7 Å².